The van der Waals surface area contributed by atoms with Crippen LogP contribution in [0.1, 0.15) is 12.5 Å². The van der Waals surface area contributed by atoms with Crippen LogP contribution in [-0.4, -0.2) is 50.6 Å². The van der Waals surface area contributed by atoms with E-state index in [1.807, 2.05) is 11.8 Å². The number of hydrogen-bond acceptors (Lipinski definition) is 3. The van der Waals surface area contributed by atoms with Gasteiger partial charge in [0.2, 0.25) is 0 Å². The lowest BCUT2D eigenvalue weighted by molar-refractivity contribution is -0.145. The van der Waals surface area contributed by atoms with Gasteiger partial charge in [0, 0.05) is 31.2 Å². The fraction of sp³-hybridized carbons (Fsp3) is 0.529. The summed E-state index contributed by atoms with van der Waals surface area (Å²) in [5.74, 6) is 0.394. The van der Waals surface area contributed by atoms with E-state index in [2.05, 4.69) is 26.2 Å². The number of likely N-dealkylation sites (tertiary alicyclic amines) is 1. The molecule has 2 atom stereocenters. The number of benzene rings is 1. The van der Waals surface area contributed by atoms with Crippen molar-refractivity contribution in [2.45, 2.75) is 13.3 Å². The van der Waals surface area contributed by atoms with Gasteiger partial charge in [0.15, 0.2) is 5.96 Å². The molecule has 1 aromatic carbocycles. The highest BCUT2D eigenvalue weighted by molar-refractivity contribution is 9.10. The van der Waals surface area contributed by atoms with Crippen LogP contribution in [0.15, 0.2) is 27.7 Å². The minimum Gasteiger partial charge on any atom is -0.469 e. The van der Waals surface area contributed by atoms with Crippen LogP contribution < -0.4 is 5.32 Å². The summed E-state index contributed by atoms with van der Waals surface area (Å²) in [5.41, 5.74) is 0.648. The number of guanidine groups is 1. The number of ether oxygens (including phenoxy) is 1. The first-order valence-electron chi connectivity index (χ1n) is 7.93. The van der Waals surface area contributed by atoms with Crippen LogP contribution in [-0.2, 0) is 16.0 Å². The Kier molecular flexibility index (Phi) is 6.60. The van der Waals surface area contributed by atoms with Gasteiger partial charge in [-0.05, 0) is 36.1 Å². The molecule has 0 aromatic heterocycles. The first-order valence-corrected chi connectivity index (χ1v) is 8.73. The molecule has 1 fully saturated rings. The van der Waals surface area contributed by atoms with Gasteiger partial charge < -0.3 is 15.0 Å². The smallest absolute Gasteiger partial charge is 0.310 e. The van der Waals surface area contributed by atoms with E-state index in [0.29, 0.717) is 25.1 Å². The number of carbonyl (C=O) groups is 1. The topological polar surface area (TPSA) is 53.9 Å². The molecule has 24 heavy (non-hydrogen) atoms. The maximum Gasteiger partial charge on any atom is 0.310 e. The minimum atomic E-state index is -0.212. The van der Waals surface area contributed by atoms with Gasteiger partial charge in [-0.2, -0.15) is 0 Å². The maximum atomic E-state index is 13.8. The molecule has 0 amide bonds. The first kappa shape index (κ1) is 18.7. The highest BCUT2D eigenvalue weighted by Gasteiger charge is 2.36. The van der Waals surface area contributed by atoms with Gasteiger partial charge in [-0.15, -0.1) is 0 Å². The van der Waals surface area contributed by atoms with Crippen molar-refractivity contribution in [3.8, 4) is 0 Å². The number of methoxy groups -OCH3 is 1. The second-order valence-electron chi connectivity index (χ2n) is 5.97. The molecule has 0 bridgehead atoms. The molecule has 1 N–H and O–H groups in total. The van der Waals surface area contributed by atoms with E-state index >= 15 is 0 Å². The molecule has 2 rings (SSSR count). The van der Waals surface area contributed by atoms with Crippen LogP contribution in [0.5, 0.6) is 0 Å². The fourth-order valence-electron chi connectivity index (χ4n) is 2.97. The Morgan fingerprint density at radius 1 is 1.50 bits per heavy atom. The number of hydrogen-bond donors (Lipinski definition) is 1. The third-order valence-electron chi connectivity index (χ3n) is 4.31. The van der Waals surface area contributed by atoms with Crippen molar-refractivity contribution >= 4 is 27.9 Å². The van der Waals surface area contributed by atoms with Crippen molar-refractivity contribution in [3.63, 3.8) is 0 Å². The summed E-state index contributed by atoms with van der Waals surface area (Å²) >= 11 is 3.36. The zero-order chi connectivity index (χ0) is 17.7. The summed E-state index contributed by atoms with van der Waals surface area (Å²) in [7, 11) is 3.12. The molecule has 0 spiro atoms. The van der Waals surface area contributed by atoms with Gasteiger partial charge in [-0.3, -0.25) is 9.79 Å². The van der Waals surface area contributed by atoms with Crippen molar-refractivity contribution in [2.75, 3.05) is 33.8 Å². The maximum absolute atomic E-state index is 13.8. The van der Waals surface area contributed by atoms with Gasteiger partial charge in [-0.25, -0.2) is 4.39 Å². The summed E-state index contributed by atoms with van der Waals surface area (Å²) in [6, 6.07) is 4.92. The summed E-state index contributed by atoms with van der Waals surface area (Å²) in [6.07, 6.45) is 0.550. The van der Waals surface area contributed by atoms with Crippen molar-refractivity contribution in [1.82, 2.24) is 10.2 Å². The van der Waals surface area contributed by atoms with Crippen molar-refractivity contribution in [2.24, 2.45) is 16.8 Å². The van der Waals surface area contributed by atoms with E-state index in [-0.39, 0.29) is 23.6 Å². The van der Waals surface area contributed by atoms with Crippen LogP contribution in [0.2, 0.25) is 0 Å². The number of nitrogens with one attached hydrogen (secondary N) is 1. The predicted molar refractivity (Wildman–Crippen MR) is 95.4 cm³/mol. The van der Waals surface area contributed by atoms with E-state index in [1.165, 1.54) is 13.2 Å². The standard InChI is InChI=1S/C17H23BrFN3O2/c1-11-9-22(10-14(11)16(23)24-3)17(20-2)21-7-6-12-8-13(18)4-5-15(12)19/h4-5,8,11,14H,6-7,9-10H2,1-3H3,(H,20,21). The largest absolute Gasteiger partial charge is 0.469 e. The monoisotopic (exact) mass is 399 g/mol. The zero-order valence-electron chi connectivity index (χ0n) is 14.2. The van der Waals surface area contributed by atoms with Crippen molar-refractivity contribution in [1.29, 1.82) is 0 Å². The Morgan fingerprint density at radius 3 is 2.92 bits per heavy atom. The van der Waals surface area contributed by atoms with Crippen LogP contribution >= 0.6 is 15.9 Å². The molecule has 1 saturated heterocycles. The van der Waals surface area contributed by atoms with Crippen LogP contribution in [0, 0.1) is 17.7 Å². The number of carbonyl (C=O) groups excluding carboxylic acids is 1. The van der Waals surface area contributed by atoms with Gasteiger partial charge in [0.25, 0.3) is 0 Å². The number of nitrogens with zero attached hydrogens (tertiary/aromatic N) is 2. The molecule has 132 valence electrons. The van der Waals surface area contributed by atoms with E-state index in [4.69, 9.17) is 4.74 Å². The van der Waals surface area contributed by atoms with Gasteiger partial charge in [0.05, 0.1) is 13.0 Å². The Morgan fingerprint density at radius 2 is 2.25 bits per heavy atom. The highest BCUT2D eigenvalue weighted by atomic mass is 79.9. The quantitative estimate of drug-likeness (QED) is 0.479. The second kappa shape index (κ2) is 8.46. The molecule has 5 nitrogen and oxygen atoms in total. The molecule has 0 radical (unpaired) electrons. The Balaban J connectivity index is 1.91. The Hall–Kier alpha value is -1.63. The molecule has 1 heterocycles. The van der Waals surface area contributed by atoms with Gasteiger partial charge in [0.1, 0.15) is 5.82 Å². The van der Waals surface area contributed by atoms with Crippen LogP contribution in [0.3, 0.4) is 0 Å². The number of halogens is 2. The molecule has 0 saturated carbocycles. The fourth-order valence-corrected chi connectivity index (χ4v) is 3.38. The molecular formula is C17H23BrFN3O2. The molecule has 2 unspecified atom stereocenters. The van der Waals surface area contributed by atoms with Crippen molar-refractivity contribution in [3.05, 3.63) is 34.1 Å². The number of aliphatic imine (C=N–C) groups is 1. The third-order valence-corrected chi connectivity index (χ3v) is 4.81. The van der Waals surface area contributed by atoms with Crippen LogP contribution in [0.4, 0.5) is 4.39 Å². The molecule has 1 aliphatic heterocycles. The molecule has 1 aliphatic rings. The molecule has 1 aromatic rings. The summed E-state index contributed by atoms with van der Waals surface area (Å²) < 4.78 is 19.5. The average molecular weight is 400 g/mol. The Labute approximate surface area is 150 Å². The summed E-state index contributed by atoms with van der Waals surface area (Å²) in [6.45, 7) is 3.92. The normalized spacial score (nSPS) is 21.0. The molecule has 7 heteroatoms. The lowest BCUT2D eigenvalue weighted by Crippen LogP contribution is -2.41. The summed E-state index contributed by atoms with van der Waals surface area (Å²) in [5, 5.41) is 3.25. The van der Waals surface area contributed by atoms with Gasteiger partial charge in [-0.1, -0.05) is 22.9 Å². The lowest BCUT2D eigenvalue weighted by atomic mass is 9.99. The number of esters is 1. The molecular weight excluding hydrogens is 377 g/mol. The first-order chi connectivity index (χ1) is 11.5. The van der Waals surface area contributed by atoms with E-state index in [1.54, 1.807) is 19.2 Å². The third kappa shape index (κ3) is 4.47. The molecule has 0 aliphatic carbocycles. The van der Waals surface area contributed by atoms with Gasteiger partial charge >= 0.3 is 5.97 Å². The zero-order valence-corrected chi connectivity index (χ0v) is 15.8. The predicted octanol–water partition coefficient (Wildman–Crippen LogP) is 2.45. The Bertz CT molecular complexity index is 624. The second-order valence-corrected chi connectivity index (χ2v) is 6.89. The number of rotatable bonds is 4. The highest BCUT2D eigenvalue weighted by Crippen LogP contribution is 2.24. The van der Waals surface area contributed by atoms with Crippen LogP contribution in [0.25, 0.3) is 0 Å². The van der Waals surface area contributed by atoms with E-state index in [0.717, 1.165) is 17.0 Å². The van der Waals surface area contributed by atoms with E-state index < -0.39 is 0 Å². The minimum absolute atomic E-state index is 0.143. The average Bonchev–Trinajstić information content (AvgIpc) is 2.95. The van der Waals surface area contributed by atoms with E-state index in [9.17, 15) is 9.18 Å². The van der Waals surface area contributed by atoms with Crippen molar-refractivity contribution < 1.29 is 13.9 Å². The summed E-state index contributed by atoms with van der Waals surface area (Å²) in [4.78, 5) is 18.1. The lowest BCUT2D eigenvalue weighted by Gasteiger charge is -2.21. The SMILES string of the molecule is CN=C(NCCc1cc(Br)ccc1F)N1CC(C)C(C(=O)OC)C1.